The molecule has 2 rings (SSSR count). The van der Waals surface area contributed by atoms with E-state index in [0.29, 0.717) is 12.8 Å². The average molecular weight is 223 g/mol. The van der Waals surface area contributed by atoms with Crippen LogP contribution in [-0.2, 0) is 9.53 Å². The number of esters is 1. The number of imidazole rings is 1. The molecule has 0 bridgehead atoms. The van der Waals surface area contributed by atoms with Crippen LogP contribution in [0, 0.1) is 0 Å². The van der Waals surface area contributed by atoms with Gasteiger partial charge in [0.15, 0.2) is 0 Å². The van der Waals surface area contributed by atoms with Crippen LogP contribution in [0.1, 0.15) is 31.7 Å². The Hall–Kier alpha value is -1.36. The minimum Gasteiger partial charge on any atom is -0.468 e. The minimum absolute atomic E-state index is 0.250. The molecule has 5 heteroatoms. The van der Waals surface area contributed by atoms with Crippen molar-refractivity contribution in [1.82, 2.24) is 9.55 Å². The van der Waals surface area contributed by atoms with Gasteiger partial charge in [0, 0.05) is 18.4 Å². The summed E-state index contributed by atoms with van der Waals surface area (Å²) in [6, 6.07) is 0.250. The number of ether oxygens (including phenoxy) is 1. The van der Waals surface area contributed by atoms with Crippen molar-refractivity contribution in [3.63, 3.8) is 0 Å². The predicted octanol–water partition coefficient (Wildman–Crippen LogP) is 0.869. The molecule has 1 fully saturated rings. The first-order valence-corrected chi connectivity index (χ1v) is 5.50. The summed E-state index contributed by atoms with van der Waals surface area (Å²) in [6.07, 6.45) is 8.72. The van der Waals surface area contributed by atoms with E-state index < -0.39 is 5.54 Å². The minimum atomic E-state index is -0.831. The van der Waals surface area contributed by atoms with Gasteiger partial charge in [0.2, 0.25) is 0 Å². The summed E-state index contributed by atoms with van der Waals surface area (Å²) in [5.41, 5.74) is 5.27. The molecule has 5 nitrogen and oxygen atoms in total. The molecule has 0 spiro atoms. The van der Waals surface area contributed by atoms with E-state index >= 15 is 0 Å². The molecular weight excluding hydrogens is 206 g/mol. The normalized spacial score (nSPS) is 30.0. The van der Waals surface area contributed by atoms with Crippen LogP contribution in [0.4, 0.5) is 0 Å². The highest BCUT2D eigenvalue weighted by Gasteiger charge is 2.40. The van der Waals surface area contributed by atoms with E-state index in [1.807, 2.05) is 10.8 Å². The number of aromatic nitrogens is 2. The van der Waals surface area contributed by atoms with Crippen molar-refractivity contribution in [3.8, 4) is 0 Å². The van der Waals surface area contributed by atoms with Crippen molar-refractivity contribution >= 4 is 5.97 Å². The molecule has 1 aliphatic carbocycles. The SMILES string of the molecule is COC(=O)C1(N)CCCC(n2ccnc2)C1. The molecule has 0 aliphatic heterocycles. The van der Waals surface area contributed by atoms with E-state index in [4.69, 9.17) is 10.5 Å². The molecule has 0 radical (unpaired) electrons. The zero-order valence-corrected chi connectivity index (χ0v) is 9.43. The van der Waals surface area contributed by atoms with Crippen LogP contribution in [0.25, 0.3) is 0 Å². The van der Waals surface area contributed by atoms with Crippen molar-refractivity contribution in [3.05, 3.63) is 18.7 Å². The van der Waals surface area contributed by atoms with E-state index in [2.05, 4.69) is 4.98 Å². The van der Waals surface area contributed by atoms with Crippen molar-refractivity contribution in [2.24, 2.45) is 5.73 Å². The van der Waals surface area contributed by atoms with Crippen LogP contribution >= 0.6 is 0 Å². The third-order valence-corrected chi connectivity index (χ3v) is 3.30. The fraction of sp³-hybridized carbons (Fsp3) is 0.636. The number of nitrogens with zero attached hydrogens (tertiary/aromatic N) is 2. The Bertz CT molecular complexity index is 363. The van der Waals surface area contributed by atoms with Crippen LogP contribution in [-0.4, -0.2) is 28.2 Å². The summed E-state index contributed by atoms with van der Waals surface area (Å²) in [4.78, 5) is 15.6. The van der Waals surface area contributed by atoms with Gasteiger partial charge in [-0.25, -0.2) is 4.98 Å². The van der Waals surface area contributed by atoms with Crippen molar-refractivity contribution in [1.29, 1.82) is 0 Å². The van der Waals surface area contributed by atoms with E-state index in [9.17, 15) is 4.79 Å². The van der Waals surface area contributed by atoms with Gasteiger partial charge in [-0.3, -0.25) is 4.79 Å². The van der Waals surface area contributed by atoms with Gasteiger partial charge in [-0.2, -0.15) is 0 Å². The van der Waals surface area contributed by atoms with E-state index in [-0.39, 0.29) is 12.0 Å². The number of methoxy groups -OCH3 is 1. The summed E-state index contributed by atoms with van der Waals surface area (Å²) < 4.78 is 6.79. The summed E-state index contributed by atoms with van der Waals surface area (Å²) >= 11 is 0. The number of hydrogen-bond donors (Lipinski definition) is 1. The Morgan fingerprint density at radius 3 is 3.12 bits per heavy atom. The quantitative estimate of drug-likeness (QED) is 0.755. The maximum Gasteiger partial charge on any atom is 0.325 e. The Morgan fingerprint density at radius 2 is 2.50 bits per heavy atom. The van der Waals surface area contributed by atoms with E-state index in [1.54, 1.807) is 12.5 Å². The first-order valence-electron chi connectivity index (χ1n) is 5.50. The smallest absolute Gasteiger partial charge is 0.325 e. The van der Waals surface area contributed by atoms with Gasteiger partial charge in [0.25, 0.3) is 0 Å². The Labute approximate surface area is 94.6 Å². The Kier molecular flexibility index (Phi) is 2.96. The first kappa shape index (κ1) is 11.1. The van der Waals surface area contributed by atoms with Crippen molar-refractivity contribution in [2.45, 2.75) is 37.3 Å². The lowest BCUT2D eigenvalue weighted by Crippen LogP contribution is -2.52. The van der Waals surface area contributed by atoms with Gasteiger partial charge in [0.05, 0.1) is 13.4 Å². The number of nitrogens with two attached hydrogens (primary N) is 1. The maximum atomic E-state index is 11.6. The lowest BCUT2D eigenvalue weighted by Gasteiger charge is -2.35. The number of rotatable bonds is 2. The largest absolute Gasteiger partial charge is 0.468 e. The molecule has 1 saturated carbocycles. The molecule has 1 aromatic rings. The number of hydrogen-bond acceptors (Lipinski definition) is 4. The molecule has 2 atom stereocenters. The second-order valence-electron chi connectivity index (χ2n) is 4.41. The summed E-state index contributed by atoms with van der Waals surface area (Å²) in [7, 11) is 1.39. The lowest BCUT2D eigenvalue weighted by atomic mass is 9.79. The second-order valence-corrected chi connectivity index (χ2v) is 4.41. The molecule has 16 heavy (non-hydrogen) atoms. The molecule has 1 aromatic heterocycles. The van der Waals surface area contributed by atoms with Gasteiger partial charge in [-0.1, -0.05) is 0 Å². The number of carbonyl (C=O) groups excluding carboxylic acids is 1. The monoisotopic (exact) mass is 223 g/mol. The van der Waals surface area contributed by atoms with Crippen LogP contribution in [0.3, 0.4) is 0 Å². The maximum absolute atomic E-state index is 11.6. The first-order chi connectivity index (χ1) is 7.65. The summed E-state index contributed by atoms with van der Waals surface area (Å²) in [5.74, 6) is -0.308. The van der Waals surface area contributed by atoms with Gasteiger partial charge in [-0.15, -0.1) is 0 Å². The average Bonchev–Trinajstić information content (AvgIpc) is 2.81. The standard InChI is InChI=1S/C11H17N3O2/c1-16-10(15)11(12)4-2-3-9(7-11)14-6-5-13-8-14/h5-6,8-9H,2-4,7,12H2,1H3. The third kappa shape index (κ3) is 1.95. The molecule has 0 saturated heterocycles. The fourth-order valence-electron chi connectivity index (χ4n) is 2.41. The van der Waals surface area contributed by atoms with Gasteiger partial charge >= 0.3 is 5.97 Å². The second kappa shape index (κ2) is 4.25. The molecular formula is C11H17N3O2. The van der Waals surface area contributed by atoms with Crippen LogP contribution < -0.4 is 5.73 Å². The molecule has 2 unspecified atom stereocenters. The predicted molar refractivity (Wildman–Crippen MR) is 58.7 cm³/mol. The summed E-state index contributed by atoms with van der Waals surface area (Å²) in [6.45, 7) is 0. The van der Waals surface area contributed by atoms with Gasteiger partial charge in [-0.05, 0) is 25.7 Å². The topological polar surface area (TPSA) is 70.1 Å². The van der Waals surface area contributed by atoms with Gasteiger partial charge in [0.1, 0.15) is 5.54 Å². The molecule has 0 aromatic carbocycles. The molecule has 1 heterocycles. The van der Waals surface area contributed by atoms with Crippen LogP contribution in [0.15, 0.2) is 18.7 Å². The Morgan fingerprint density at radius 1 is 1.69 bits per heavy atom. The van der Waals surface area contributed by atoms with Gasteiger partial charge < -0.3 is 15.0 Å². The highest BCUT2D eigenvalue weighted by atomic mass is 16.5. The fourth-order valence-corrected chi connectivity index (χ4v) is 2.41. The molecule has 1 aliphatic rings. The third-order valence-electron chi connectivity index (χ3n) is 3.30. The zero-order chi connectivity index (χ0) is 11.6. The Balaban J connectivity index is 2.12. The van der Waals surface area contributed by atoms with Crippen molar-refractivity contribution in [2.75, 3.05) is 7.11 Å². The number of carbonyl (C=O) groups is 1. The molecule has 88 valence electrons. The zero-order valence-electron chi connectivity index (χ0n) is 9.43. The summed E-state index contributed by atoms with van der Waals surface area (Å²) in [5, 5.41) is 0. The highest BCUT2D eigenvalue weighted by molar-refractivity contribution is 5.80. The highest BCUT2D eigenvalue weighted by Crippen LogP contribution is 2.34. The van der Waals surface area contributed by atoms with Crippen LogP contribution in [0.2, 0.25) is 0 Å². The van der Waals surface area contributed by atoms with Crippen molar-refractivity contribution < 1.29 is 9.53 Å². The molecule has 0 amide bonds. The molecule has 2 N–H and O–H groups in total. The van der Waals surface area contributed by atoms with E-state index in [0.717, 1.165) is 12.8 Å². The lowest BCUT2D eigenvalue weighted by molar-refractivity contribution is -0.148. The van der Waals surface area contributed by atoms with E-state index in [1.165, 1.54) is 7.11 Å². The van der Waals surface area contributed by atoms with Crippen LogP contribution in [0.5, 0.6) is 0 Å².